The molecule has 0 radical (unpaired) electrons. The summed E-state index contributed by atoms with van der Waals surface area (Å²) in [6.07, 6.45) is 2.40. The second-order valence-corrected chi connectivity index (χ2v) is 3.14. The van der Waals surface area contributed by atoms with E-state index in [-0.39, 0.29) is 12.5 Å². The SMILES string of the molecule is C=CCc1cc(OC)c(O)c2c1OCO2. The van der Waals surface area contributed by atoms with Crippen molar-refractivity contribution in [2.24, 2.45) is 0 Å². The van der Waals surface area contributed by atoms with Gasteiger partial charge in [-0.2, -0.15) is 0 Å². The molecule has 2 rings (SSSR count). The van der Waals surface area contributed by atoms with E-state index in [0.29, 0.717) is 23.7 Å². The molecule has 0 spiro atoms. The molecule has 0 amide bonds. The van der Waals surface area contributed by atoms with Gasteiger partial charge in [0.2, 0.25) is 18.3 Å². The van der Waals surface area contributed by atoms with Crippen LogP contribution in [0.15, 0.2) is 18.7 Å². The first-order valence-corrected chi connectivity index (χ1v) is 4.57. The van der Waals surface area contributed by atoms with E-state index < -0.39 is 0 Å². The largest absolute Gasteiger partial charge is 0.502 e. The summed E-state index contributed by atoms with van der Waals surface area (Å²) in [6.45, 7) is 3.78. The van der Waals surface area contributed by atoms with Crippen LogP contribution in [0.1, 0.15) is 5.56 Å². The number of fused-ring (bicyclic) bond motifs is 1. The van der Waals surface area contributed by atoms with Gasteiger partial charge < -0.3 is 19.3 Å². The molecule has 0 aliphatic carbocycles. The fourth-order valence-electron chi connectivity index (χ4n) is 1.56. The third kappa shape index (κ3) is 1.48. The predicted octanol–water partition coefficient (Wildman–Crippen LogP) is 1.86. The van der Waals surface area contributed by atoms with Crippen LogP contribution in [0, 0.1) is 0 Å². The minimum absolute atomic E-state index is 0.0159. The molecule has 0 saturated heterocycles. The van der Waals surface area contributed by atoms with Gasteiger partial charge in [-0.25, -0.2) is 0 Å². The monoisotopic (exact) mass is 208 g/mol. The van der Waals surface area contributed by atoms with Crippen molar-refractivity contribution in [1.29, 1.82) is 0 Å². The molecule has 1 aliphatic heterocycles. The zero-order chi connectivity index (χ0) is 10.8. The third-order valence-electron chi connectivity index (χ3n) is 2.24. The Bertz CT molecular complexity index is 398. The fraction of sp³-hybridized carbons (Fsp3) is 0.273. The summed E-state index contributed by atoms with van der Waals surface area (Å²) < 4.78 is 15.5. The van der Waals surface area contributed by atoms with E-state index in [9.17, 15) is 5.11 Å². The van der Waals surface area contributed by atoms with Crippen molar-refractivity contribution >= 4 is 0 Å². The number of phenols is 1. The molecule has 4 heteroatoms. The van der Waals surface area contributed by atoms with E-state index in [4.69, 9.17) is 14.2 Å². The summed E-state index contributed by atoms with van der Waals surface area (Å²) in [5.74, 6) is 1.30. The summed E-state index contributed by atoms with van der Waals surface area (Å²) in [5.41, 5.74) is 0.896. The lowest BCUT2D eigenvalue weighted by Crippen LogP contribution is -1.94. The molecular formula is C11H12O4. The van der Waals surface area contributed by atoms with Gasteiger partial charge in [0.05, 0.1) is 7.11 Å². The maximum absolute atomic E-state index is 9.75. The van der Waals surface area contributed by atoms with Crippen LogP contribution in [0.4, 0.5) is 0 Å². The Morgan fingerprint density at radius 1 is 1.53 bits per heavy atom. The van der Waals surface area contributed by atoms with E-state index in [1.54, 1.807) is 12.1 Å². The number of phenolic OH excluding ortho intramolecular Hbond substituents is 1. The molecule has 80 valence electrons. The number of allylic oxidation sites excluding steroid dienone is 1. The Kier molecular flexibility index (Phi) is 2.41. The lowest BCUT2D eigenvalue weighted by atomic mass is 10.1. The van der Waals surface area contributed by atoms with Crippen LogP contribution in [-0.4, -0.2) is 19.0 Å². The molecule has 0 saturated carbocycles. The van der Waals surface area contributed by atoms with E-state index >= 15 is 0 Å². The highest BCUT2D eigenvalue weighted by Gasteiger charge is 2.24. The maximum Gasteiger partial charge on any atom is 0.231 e. The Balaban J connectivity index is 2.56. The molecule has 15 heavy (non-hydrogen) atoms. The van der Waals surface area contributed by atoms with Gasteiger partial charge in [-0.3, -0.25) is 0 Å². The van der Waals surface area contributed by atoms with E-state index in [2.05, 4.69) is 6.58 Å². The average Bonchev–Trinajstić information content (AvgIpc) is 2.71. The van der Waals surface area contributed by atoms with Gasteiger partial charge in [0, 0.05) is 5.56 Å². The quantitative estimate of drug-likeness (QED) is 0.770. The van der Waals surface area contributed by atoms with E-state index in [1.807, 2.05) is 0 Å². The number of hydrogen-bond donors (Lipinski definition) is 1. The van der Waals surface area contributed by atoms with Crippen LogP contribution >= 0.6 is 0 Å². The molecule has 1 N–H and O–H groups in total. The van der Waals surface area contributed by atoms with Crippen LogP contribution in [0.25, 0.3) is 0 Å². The lowest BCUT2D eigenvalue weighted by Gasteiger charge is -2.09. The van der Waals surface area contributed by atoms with Crippen molar-refractivity contribution in [3.63, 3.8) is 0 Å². The number of rotatable bonds is 3. The number of methoxy groups -OCH3 is 1. The van der Waals surface area contributed by atoms with Crippen molar-refractivity contribution in [2.45, 2.75) is 6.42 Å². The standard InChI is InChI=1S/C11H12O4/c1-3-4-7-5-8(13-2)9(12)11-10(7)14-6-15-11/h3,5,12H,1,4,6H2,2H3. The van der Waals surface area contributed by atoms with Gasteiger partial charge in [0.25, 0.3) is 0 Å². The van der Waals surface area contributed by atoms with Crippen molar-refractivity contribution in [3.8, 4) is 23.0 Å². The summed E-state index contributed by atoms with van der Waals surface area (Å²) in [4.78, 5) is 0. The Hall–Kier alpha value is -1.84. The predicted molar refractivity (Wildman–Crippen MR) is 54.7 cm³/mol. The van der Waals surface area contributed by atoms with Crippen molar-refractivity contribution < 1.29 is 19.3 Å². The number of benzene rings is 1. The zero-order valence-electron chi connectivity index (χ0n) is 8.45. The summed E-state index contributed by atoms with van der Waals surface area (Å²) in [6, 6.07) is 1.73. The molecule has 0 fully saturated rings. The van der Waals surface area contributed by atoms with Crippen LogP contribution in [-0.2, 0) is 6.42 Å². The second-order valence-electron chi connectivity index (χ2n) is 3.14. The van der Waals surface area contributed by atoms with Crippen molar-refractivity contribution in [3.05, 3.63) is 24.3 Å². The van der Waals surface area contributed by atoms with Crippen LogP contribution in [0.3, 0.4) is 0 Å². The van der Waals surface area contributed by atoms with Crippen LogP contribution in [0.2, 0.25) is 0 Å². The summed E-state index contributed by atoms with van der Waals surface area (Å²) in [5, 5.41) is 9.75. The van der Waals surface area contributed by atoms with E-state index in [0.717, 1.165) is 5.56 Å². The maximum atomic E-state index is 9.75. The topological polar surface area (TPSA) is 47.9 Å². The first-order valence-electron chi connectivity index (χ1n) is 4.57. The Labute approximate surface area is 87.7 Å². The lowest BCUT2D eigenvalue weighted by molar-refractivity contribution is 0.170. The van der Waals surface area contributed by atoms with E-state index in [1.165, 1.54) is 7.11 Å². The molecule has 4 nitrogen and oxygen atoms in total. The minimum Gasteiger partial charge on any atom is -0.502 e. The van der Waals surface area contributed by atoms with Gasteiger partial charge in [-0.05, 0) is 12.5 Å². The molecular weight excluding hydrogens is 196 g/mol. The highest BCUT2D eigenvalue weighted by Crippen LogP contribution is 2.48. The van der Waals surface area contributed by atoms with Crippen molar-refractivity contribution in [2.75, 3.05) is 13.9 Å². The third-order valence-corrected chi connectivity index (χ3v) is 2.24. The van der Waals surface area contributed by atoms with Gasteiger partial charge in [-0.15, -0.1) is 6.58 Å². The van der Waals surface area contributed by atoms with Gasteiger partial charge in [-0.1, -0.05) is 6.08 Å². The summed E-state index contributed by atoms with van der Waals surface area (Å²) >= 11 is 0. The normalized spacial score (nSPS) is 12.6. The van der Waals surface area contributed by atoms with Gasteiger partial charge in [0.15, 0.2) is 11.5 Å². The van der Waals surface area contributed by atoms with Gasteiger partial charge in [0.1, 0.15) is 0 Å². The fourth-order valence-corrected chi connectivity index (χ4v) is 1.56. The molecule has 1 aliphatic rings. The first-order chi connectivity index (χ1) is 7.27. The summed E-state index contributed by atoms with van der Waals surface area (Å²) in [7, 11) is 1.49. The molecule has 0 bridgehead atoms. The Morgan fingerprint density at radius 3 is 2.93 bits per heavy atom. The first kappa shape index (κ1) is 9.71. The number of ether oxygens (including phenoxy) is 3. The number of hydrogen-bond acceptors (Lipinski definition) is 4. The highest BCUT2D eigenvalue weighted by molar-refractivity contribution is 5.63. The average molecular weight is 208 g/mol. The molecule has 0 aromatic heterocycles. The highest BCUT2D eigenvalue weighted by atomic mass is 16.7. The Morgan fingerprint density at radius 2 is 2.27 bits per heavy atom. The zero-order valence-corrected chi connectivity index (χ0v) is 8.45. The van der Waals surface area contributed by atoms with Crippen molar-refractivity contribution in [1.82, 2.24) is 0 Å². The molecule has 0 unspecified atom stereocenters. The molecule has 1 heterocycles. The second kappa shape index (κ2) is 3.73. The molecule has 1 aromatic rings. The molecule has 0 atom stereocenters. The minimum atomic E-state index is -0.0159. The van der Waals surface area contributed by atoms with Gasteiger partial charge >= 0.3 is 0 Å². The number of aromatic hydroxyl groups is 1. The van der Waals surface area contributed by atoms with Crippen LogP contribution < -0.4 is 14.2 Å². The smallest absolute Gasteiger partial charge is 0.231 e. The van der Waals surface area contributed by atoms with Crippen LogP contribution in [0.5, 0.6) is 23.0 Å². The molecule has 1 aromatic carbocycles.